The largest absolute Gasteiger partial charge is 0.378 e. The van der Waals surface area contributed by atoms with E-state index in [9.17, 15) is 0 Å². The smallest absolute Gasteiger partial charge is 0.0575 e. The van der Waals surface area contributed by atoms with Crippen molar-refractivity contribution in [3.63, 3.8) is 0 Å². The van der Waals surface area contributed by atoms with Crippen molar-refractivity contribution in [3.05, 3.63) is 0 Å². The van der Waals surface area contributed by atoms with Gasteiger partial charge in [0, 0.05) is 6.61 Å². The first-order valence-electron chi connectivity index (χ1n) is 10.4. The first-order chi connectivity index (χ1) is 10.8. The Morgan fingerprint density at radius 1 is 0.682 bits per heavy atom. The Hall–Kier alpha value is -0.0400. The topological polar surface area (TPSA) is 9.23 Å². The van der Waals surface area contributed by atoms with E-state index in [1.165, 1.54) is 89.9 Å². The lowest BCUT2D eigenvalue weighted by Gasteiger charge is -2.37. The van der Waals surface area contributed by atoms with Crippen LogP contribution in [0.1, 0.15) is 104 Å². The molecular weight excluding hydrogens is 268 g/mol. The van der Waals surface area contributed by atoms with E-state index in [4.69, 9.17) is 4.74 Å². The van der Waals surface area contributed by atoms with Gasteiger partial charge >= 0.3 is 0 Å². The maximum atomic E-state index is 6.13. The summed E-state index contributed by atoms with van der Waals surface area (Å²) in [5, 5.41) is 0. The second-order valence-electron chi connectivity index (χ2n) is 8.01. The predicted molar refractivity (Wildman–Crippen MR) is 96.2 cm³/mol. The molecule has 1 heteroatoms. The molecule has 1 nitrogen and oxygen atoms in total. The number of rotatable bonds is 9. The molecule has 130 valence electrons. The molecule has 0 aromatic rings. The molecule has 2 saturated carbocycles. The minimum Gasteiger partial charge on any atom is -0.378 e. The third-order valence-corrected chi connectivity index (χ3v) is 6.46. The quantitative estimate of drug-likeness (QED) is 0.428. The van der Waals surface area contributed by atoms with Gasteiger partial charge in [0.25, 0.3) is 0 Å². The van der Waals surface area contributed by atoms with Gasteiger partial charge in [-0.3, -0.25) is 0 Å². The molecule has 0 radical (unpaired) electrons. The summed E-state index contributed by atoms with van der Waals surface area (Å²) in [6, 6.07) is 0. The zero-order valence-electron chi connectivity index (χ0n) is 15.3. The fourth-order valence-electron chi connectivity index (χ4n) is 4.75. The van der Waals surface area contributed by atoms with Gasteiger partial charge in [-0.15, -0.1) is 0 Å². The zero-order valence-corrected chi connectivity index (χ0v) is 15.3. The molecule has 0 heterocycles. The summed E-state index contributed by atoms with van der Waals surface area (Å²) in [6.07, 6.45) is 20.4. The van der Waals surface area contributed by atoms with E-state index < -0.39 is 0 Å². The van der Waals surface area contributed by atoms with Crippen LogP contribution >= 0.6 is 0 Å². The van der Waals surface area contributed by atoms with E-state index in [2.05, 4.69) is 13.8 Å². The van der Waals surface area contributed by atoms with Gasteiger partial charge in [-0.25, -0.2) is 0 Å². The Balaban J connectivity index is 1.52. The predicted octanol–water partition coefficient (Wildman–Crippen LogP) is 6.75. The van der Waals surface area contributed by atoms with Crippen molar-refractivity contribution in [2.24, 2.45) is 17.8 Å². The summed E-state index contributed by atoms with van der Waals surface area (Å²) in [4.78, 5) is 0. The standard InChI is InChI=1S/C21H40O/c1-3-5-6-7-8-17-22-21-15-13-20(14-16-21)19-11-9-18(4-2)10-12-19/h18-21H,3-17H2,1-2H3/t18-,19-,20-,21-. The molecule has 2 rings (SSSR count). The van der Waals surface area contributed by atoms with Crippen LogP contribution in [-0.2, 0) is 4.74 Å². The first-order valence-corrected chi connectivity index (χ1v) is 10.4. The first kappa shape index (κ1) is 18.3. The third kappa shape index (κ3) is 6.22. The molecule has 0 aromatic heterocycles. The molecule has 0 aliphatic heterocycles. The van der Waals surface area contributed by atoms with Crippen molar-refractivity contribution < 1.29 is 4.74 Å². The molecule has 2 fully saturated rings. The van der Waals surface area contributed by atoms with Crippen LogP contribution in [0.5, 0.6) is 0 Å². The van der Waals surface area contributed by atoms with Crippen LogP contribution in [-0.4, -0.2) is 12.7 Å². The molecule has 0 saturated heterocycles. The second kappa shape index (κ2) is 10.7. The summed E-state index contributed by atoms with van der Waals surface area (Å²) in [5.41, 5.74) is 0. The average Bonchev–Trinajstić information content (AvgIpc) is 2.59. The van der Waals surface area contributed by atoms with Crippen LogP contribution in [0.3, 0.4) is 0 Å². The van der Waals surface area contributed by atoms with Crippen molar-refractivity contribution >= 4 is 0 Å². The fourth-order valence-corrected chi connectivity index (χ4v) is 4.75. The van der Waals surface area contributed by atoms with Crippen LogP contribution in [0, 0.1) is 17.8 Å². The number of ether oxygens (including phenoxy) is 1. The highest BCUT2D eigenvalue weighted by Crippen LogP contribution is 2.41. The SMILES string of the molecule is CCCCCCCO[C@H]1CC[C@H]([C@H]2CC[C@H](CC)CC2)CC1. The molecule has 0 atom stereocenters. The van der Waals surface area contributed by atoms with E-state index >= 15 is 0 Å². The minimum absolute atomic E-state index is 0.592. The van der Waals surface area contributed by atoms with Crippen LogP contribution in [0.25, 0.3) is 0 Å². The van der Waals surface area contributed by atoms with Gasteiger partial charge in [0.15, 0.2) is 0 Å². The molecule has 2 aliphatic carbocycles. The van der Waals surface area contributed by atoms with Gasteiger partial charge in [0.1, 0.15) is 0 Å². The molecular formula is C21H40O. The lowest BCUT2D eigenvalue weighted by atomic mass is 9.70. The minimum atomic E-state index is 0.592. The number of unbranched alkanes of at least 4 members (excludes halogenated alkanes) is 4. The van der Waals surface area contributed by atoms with E-state index in [0.717, 1.165) is 24.4 Å². The normalized spacial score (nSPS) is 33.0. The Kier molecular flexibility index (Phi) is 8.89. The second-order valence-corrected chi connectivity index (χ2v) is 8.01. The summed E-state index contributed by atoms with van der Waals surface area (Å²) in [5.74, 6) is 3.13. The van der Waals surface area contributed by atoms with Crippen LogP contribution < -0.4 is 0 Å². The molecule has 0 unspecified atom stereocenters. The van der Waals surface area contributed by atoms with Gasteiger partial charge in [-0.05, 0) is 62.7 Å². The summed E-state index contributed by atoms with van der Waals surface area (Å²) in [6.45, 7) is 5.67. The van der Waals surface area contributed by atoms with Gasteiger partial charge in [-0.2, -0.15) is 0 Å². The maximum absolute atomic E-state index is 6.13. The van der Waals surface area contributed by atoms with E-state index in [-0.39, 0.29) is 0 Å². The molecule has 0 amide bonds. The average molecular weight is 309 g/mol. The summed E-state index contributed by atoms with van der Waals surface area (Å²) >= 11 is 0. The third-order valence-electron chi connectivity index (χ3n) is 6.46. The van der Waals surface area contributed by atoms with Crippen LogP contribution in [0.15, 0.2) is 0 Å². The molecule has 0 aromatic carbocycles. The number of hydrogen-bond donors (Lipinski definition) is 0. The van der Waals surface area contributed by atoms with Gasteiger partial charge in [-0.1, -0.05) is 58.8 Å². The highest BCUT2D eigenvalue weighted by atomic mass is 16.5. The Morgan fingerprint density at radius 3 is 1.86 bits per heavy atom. The van der Waals surface area contributed by atoms with E-state index in [1.807, 2.05) is 0 Å². The van der Waals surface area contributed by atoms with Gasteiger partial charge in [0.05, 0.1) is 6.10 Å². The Morgan fingerprint density at radius 2 is 1.27 bits per heavy atom. The van der Waals surface area contributed by atoms with Crippen molar-refractivity contribution in [2.45, 2.75) is 110 Å². The molecule has 2 aliphatic rings. The Labute approximate surface area is 139 Å². The number of hydrogen-bond acceptors (Lipinski definition) is 1. The zero-order chi connectivity index (χ0) is 15.6. The van der Waals surface area contributed by atoms with Crippen LogP contribution in [0.4, 0.5) is 0 Å². The van der Waals surface area contributed by atoms with E-state index in [1.54, 1.807) is 0 Å². The lowest BCUT2D eigenvalue weighted by molar-refractivity contribution is 0.00537. The summed E-state index contributed by atoms with van der Waals surface area (Å²) in [7, 11) is 0. The highest BCUT2D eigenvalue weighted by molar-refractivity contribution is 4.82. The fraction of sp³-hybridized carbons (Fsp3) is 1.00. The monoisotopic (exact) mass is 308 g/mol. The van der Waals surface area contributed by atoms with Crippen LogP contribution in [0.2, 0.25) is 0 Å². The lowest BCUT2D eigenvalue weighted by Crippen LogP contribution is -2.28. The highest BCUT2D eigenvalue weighted by Gasteiger charge is 2.30. The van der Waals surface area contributed by atoms with Gasteiger partial charge < -0.3 is 4.74 Å². The molecule has 22 heavy (non-hydrogen) atoms. The molecule has 0 bridgehead atoms. The van der Waals surface area contributed by atoms with Gasteiger partial charge in [0.2, 0.25) is 0 Å². The van der Waals surface area contributed by atoms with Crippen molar-refractivity contribution in [1.29, 1.82) is 0 Å². The maximum Gasteiger partial charge on any atom is 0.0575 e. The van der Waals surface area contributed by atoms with Crippen molar-refractivity contribution in [2.75, 3.05) is 6.61 Å². The molecule has 0 N–H and O–H groups in total. The molecule has 0 spiro atoms. The summed E-state index contributed by atoms with van der Waals surface area (Å²) < 4.78 is 6.13. The van der Waals surface area contributed by atoms with Crippen molar-refractivity contribution in [1.82, 2.24) is 0 Å². The Bertz CT molecular complexity index is 259. The van der Waals surface area contributed by atoms with E-state index in [0.29, 0.717) is 6.10 Å². The van der Waals surface area contributed by atoms with Crippen molar-refractivity contribution in [3.8, 4) is 0 Å².